The fraction of sp³-hybridized carbons (Fsp3) is 0.391. The molecule has 2 aliphatic heterocycles. The number of amides is 10. The molecule has 2 aliphatic rings. The number of fused-ring (bicyclic) bond motifs is 5. The Morgan fingerprint density at radius 2 is 1.22 bits per heavy atom. The van der Waals surface area contributed by atoms with Crippen molar-refractivity contribution in [3.05, 3.63) is 149 Å². The van der Waals surface area contributed by atoms with Crippen LogP contribution in [0.25, 0.3) is 21.8 Å². The molecule has 102 heavy (non-hydrogen) atoms. The molecule has 7 aromatic rings. The Kier molecular flexibility index (Phi) is 26.1. The number of hydrogen-bond acceptors (Lipinski definition) is 17. The summed E-state index contributed by atoms with van der Waals surface area (Å²) in [5.74, 6) is -11.5. The summed E-state index contributed by atoms with van der Waals surface area (Å²) in [5.41, 5.74) is 13.4. The van der Waals surface area contributed by atoms with Crippen LogP contribution in [0.2, 0.25) is 0 Å². The number of phenolic OH excluding ortho intramolecular Hbond substituents is 2. The van der Waals surface area contributed by atoms with E-state index in [2.05, 4.69) is 62.5 Å². The number of nitrogens with zero attached hydrogens (tertiary/aromatic N) is 2. The van der Waals surface area contributed by atoms with Crippen molar-refractivity contribution >= 4 is 110 Å². The van der Waals surface area contributed by atoms with Crippen LogP contribution in [0.3, 0.4) is 0 Å². The van der Waals surface area contributed by atoms with Crippen molar-refractivity contribution in [1.29, 1.82) is 0 Å². The molecule has 33 heteroatoms. The minimum absolute atomic E-state index is 0.00921. The van der Waals surface area contributed by atoms with Crippen molar-refractivity contribution in [2.75, 3.05) is 31.1 Å². The number of phenols is 2. The van der Waals surface area contributed by atoms with Gasteiger partial charge in [0.1, 0.15) is 71.0 Å². The van der Waals surface area contributed by atoms with Gasteiger partial charge in [0.25, 0.3) is 0 Å². The van der Waals surface area contributed by atoms with Gasteiger partial charge in [-0.25, -0.2) is 13.8 Å². The number of aromatic amines is 3. The van der Waals surface area contributed by atoms with E-state index in [1.807, 2.05) is 6.07 Å². The first kappa shape index (κ1) is 75.7. The van der Waals surface area contributed by atoms with Gasteiger partial charge in [0.2, 0.25) is 59.1 Å². The third-order valence-electron chi connectivity index (χ3n) is 17.6. The smallest absolute Gasteiger partial charge is 0.305 e. The van der Waals surface area contributed by atoms with Gasteiger partial charge in [-0.3, -0.25) is 52.7 Å². The number of hydrogen-bond donors (Lipinski definition) is 16. The minimum Gasteiger partial charge on any atom is -0.508 e. The number of thioether (sulfide) groups is 2. The number of carbonyl (C=O) groups excluding carboxylic acids is 10. The Bertz CT molecular complexity index is 4220. The summed E-state index contributed by atoms with van der Waals surface area (Å²) in [6.07, 6.45) is 4.15. The summed E-state index contributed by atoms with van der Waals surface area (Å²) in [5, 5.41) is 52.7. The molecule has 8 atom stereocenters. The molecule has 0 saturated carbocycles. The Morgan fingerprint density at radius 1 is 0.637 bits per heavy atom. The fourth-order valence-corrected chi connectivity index (χ4v) is 14.1. The predicted molar refractivity (Wildman–Crippen MR) is 373 cm³/mol. The molecule has 9 rings (SSSR count). The van der Waals surface area contributed by atoms with Gasteiger partial charge in [-0.1, -0.05) is 18.2 Å². The van der Waals surface area contributed by atoms with E-state index < -0.39 is 157 Å². The molecule has 0 aliphatic carbocycles. The number of carboxylic acids is 1. The van der Waals surface area contributed by atoms with E-state index in [9.17, 15) is 57.7 Å². The Morgan fingerprint density at radius 3 is 1.81 bits per heavy atom. The van der Waals surface area contributed by atoms with Crippen LogP contribution < -0.4 is 54.0 Å². The van der Waals surface area contributed by atoms with Crippen LogP contribution in [0.5, 0.6) is 11.5 Å². The van der Waals surface area contributed by atoms with Crippen LogP contribution in [-0.4, -0.2) is 184 Å². The molecule has 0 radical (unpaired) electrons. The van der Waals surface area contributed by atoms with Gasteiger partial charge < -0.3 is 89.2 Å². The number of aliphatic carboxylic acids is 1. The second-order valence-corrected chi connectivity index (χ2v) is 27.4. The second-order valence-electron chi connectivity index (χ2n) is 25.3. The highest BCUT2D eigenvalue weighted by Crippen LogP contribution is 2.32. The number of H-pyrrole nitrogens is 3. The van der Waals surface area contributed by atoms with Crippen molar-refractivity contribution in [3.8, 4) is 11.5 Å². The van der Waals surface area contributed by atoms with E-state index in [4.69, 9.17) is 11.5 Å². The van der Waals surface area contributed by atoms with Gasteiger partial charge in [0.15, 0.2) is 0 Å². The van der Waals surface area contributed by atoms with E-state index >= 15 is 19.2 Å². The highest BCUT2D eigenvalue weighted by atomic mass is 32.2. The van der Waals surface area contributed by atoms with Crippen molar-refractivity contribution in [3.63, 3.8) is 0 Å². The molecule has 1 fully saturated rings. The number of nitrogens with two attached hydrogens (primary N) is 2. The van der Waals surface area contributed by atoms with Crippen molar-refractivity contribution in [2.24, 2.45) is 11.5 Å². The van der Waals surface area contributed by atoms with Crippen molar-refractivity contribution < 1.29 is 76.8 Å². The van der Waals surface area contributed by atoms with E-state index in [1.165, 1.54) is 121 Å². The van der Waals surface area contributed by atoms with Gasteiger partial charge in [0.05, 0.1) is 19.3 Å². The zero-order chi connectivity index (χ0) is 73.2. The van der Waals surface area contributed by atoms with Crippen LogP contribution in [0.1, 0.15) is 85.4 Å². The first-order valence-electron chi connectivity index (χ1n) is 33.0. The number of aromatic nitrogens is 4. The molecule has 3 aromatic heterocycles. The molecule has 4 aromatic carbocycles. The van der Waals surface area contributed by atoms with Gasteiger partial charge in [-0.05, 0) is 134 Å². The van der Waals surface area contributed by atoms with Gasteiger partial charge in [-0.2, -0.15) is 23.5 Å². The number of carboxylic acid groups (broad SMARTS) is 1. The highest BCUT2D eigenvalue weighted by molar-refractivity contribution is 7.98. The number of primary amides is 1. The largest absolute Gasteiger partial charge is 0.508 e. The topological polar surface area (TPSA) is 460 Å². The van der Waals surface area contributed by atoms with E-state index in [0.29, 0.717) is 57.3 Å². The standard InChI is InChI=1S/C69H81F2N15O14S2/c1-69-15-4-17-86(69)67(99)56(22-37-6-10-45(87)11-7-37)84-65(97)54(27-44-31-74-36-78-44)82-66(98)55(28-60(91)92)83-64(96)53(24-41-30-76-50-13-9-43(71)26-48(41)50)81-63(95)52(23-40-29-75-49-12-8-42(70)25-47(40)49)80-59(90)32-77-62(94)51(5-2-3-16-72)79-58(89)14-18-101-33-38-19-39(21-46(88)20-38)34-102-35-57(61(73)93)85-68(69)100/h6-13,19-21,25-26,29-31,36,51-57,75-76,87-88H,2-5,14-18,22-24,27-28,32-35,72H2,1H3,(H2,73,93)(H,74,78)(H,77,94)(H,79,89)(H,80,90)(H,81,95)(H,82,98)(H,83,96)(H,84,97)(H,85,100)(H,91,92)/t51-,52-,53-,54-,55-,56-,57-,69-/m0/s1. The number of carbonyl (C=O) groups is 11. The molecule has 1 saturated heterocycles. The van der Waals surface area contributed by atoms with Crippen LogP contribution in [0, 0.1) is 11.6 Å². The zero-order valence-corrected chi connectivity index (χ0v) is 57.2. The lowest BCUT2D eigenvalue weighted by atomic mass is 9.95. The summed E-state index contributed by atoms with van der Waals surface area (Å²) >= 11 is 2.58. The molecule has 2 bridgehead atoms. The molecule has 5 heterocycles. The Hall–Kier alpha value is -10.5. The number of unbranched alkanes of at least 4 members (excludes halogenated alkanes) is 1. The lowest BCUT2D eigenvalue weighted by molar-refractivity contribution is -0.147. The average molecular weight is 1450 g/mol. The third-order valence-corrected chi connectivity index (χ3v) is 19.7. The fourth-order valence-electron chi connectivity index (χ4n) is 12.2. The molecule has 29 nitrogen and oxygen atoms in total. The maximum Gasteiger partial charge on any atom is 0.305 e. The summed E-state index contributed by atoms with van der Waals surface area (Å²) in [6, 6.07) is 6.98. The van der Waals surface area contributed by atoms with Gasteiger partial charge in [0, 0.05) is 108 Å². The number of halogens is 2. The number of benzene rings is 4. The lowest BCUT2D eigenvalue weighted by Crippen LogP contribution is -2.63. The number of nitrogens with one attached hydrogen (secondary N) is 11. The third kappa shape index (κ3) is 20.6. The molecule has 0 unspecified atom stereocenters. The SMILES string of the molecule is C[C@@]12CCCN1C(=O)[C@H](Cc1ccc(O)cc1)NC(=O)[C@H](Cc1cnc[nH]1)NC(=O)[C@H](CC(=O)O)NC(=O)[C@H](Cc1c[nH]c3ccc(F)cc13)NC(=O)[C@H](Cc1c[nH]c3ccc(F)cc13)NC(=O)CNC(=O)[C@H](CCCCN)NC(=O)CCSCc1cc(O)cc(c1)CSC[C@@H](C(N)=O)NC2=O. The first-order chi connectivity index (χ1) is 48.8. The van der Waals surface area contributed by atoms with Crippen LogP contribution in [-0.2, 0) is 89.9 Å². The average Bonchev–Trinajstić information content (AvgIpc) is 1.59. The van der Waals surface area contributed by atoms with Crippen molar-refractivity contribution in [1.82, 2.24) is 67.4 Å². The normalized spacial score (nSPS) is 22.6. The maximum absolute atomic E-state index is 15.2. The van der Waals surface area contributed by atoms with E-state index in [0.717, 1.165) is 6.07 Å². The summed E-state index contributed by atoms with van der Waals surface area (Å²) in [7, 11) is 0. The molecular weight excluding hydrogens is 1360 g/mol. The summed E-state index contributed by atoms with van der Waals surface area (Å²) in [6.45, 7) is 0.998. The zero-order valence-electron chi connectivity index (χ0n) is 55.5. The maximum atomic E-state index is 15.2. The molecule has 18 N–H and O–H groups in total. The van der Waals surface area contributed by atoms with Gasteiger partial charge >= 0.3 is 5.97 Å². The van der Waals surface area contributed by atoms with Crippen molar-refractivity contribution in [2.45, 2.75) is 137 Å². The second kappa shape index (κ2) is 35.2. The number of aromatic hydroxyl groups is 2. The monoisotopic (exact) mass is 1450 g/mol. The Labute approximate surface area is 591 Å². The molecular formula is C69H81F2N15O14S2. The highest BCUT2D eigenvalue weighted by Gasteiger charge is 2.49. The van der Waals surface area contributed by atoms with Crippen LogP contribution in [0.15, 0.2) is 104 Å². The van der Waals surface area contributed by atoms with E-state index in [-0.39, 0.29) is 90.6 Å². The number of imidazole rings is 1. The lowest BCUT2D eigenvalue weighted by Gasteiger charge is -2.37. The summed E-state index contributed by atoms with van der Waals surface area (Å²) < 4.78 is 29.8. The first-order valence-corrected chi connectivity index (χ1v) is 35.3. The molecule has 542 valence electrons. The van der Waals surface area contributed by atoms with Gasteiger partial charge in [-0.15, -0.1) is 0 Å². The van der Waals surface area contributed by atoms with E-state index in [1.54, 1.807) is 6.07 Å². The van der Waals surface area contributed by atoms with Crippen LogP contribution in [0.4, 0.5) is 8.78 Å². The predicted octanol–water partition coefficient (Wildman–Crippen LogP) is 1.88. The quantitative estimate of drug-likeness (QED) is 0.0652. The summed E-state index contributed by atoms with van der Waals surface area (Å²) in [4.78, 5) is 171. The molecule has 0 spiro atoms. The Balaban J connectivity index is 1.06. The minimum atomic E-state index is -2.06. The number of rotatable bonds is 15. The van der Waals surface area contributed by atoms with Crippen LogP contribution >= 0.6 is 23.5 Å². The molecule has 10 amide bonds.